The van der Waals surface area contributed by atoms with Crippen molar-refractivity contribution < 1.29 is 19.6 Å². The summed E-state index contributed by atoms with van der Waals surface area (Å²) in [6.45, 7) is 2.32. The van der Waals surface area contributed by atoms with Crippen molar-refractivity contribution in [2.75, 3.05) is 24.6 Å². The maximum atomic E-state index is 11.4. The minimum atomic E-state index is -1.01. The molecule has 0 bridgehead atoms. The van der Waals surface area contributed by atoms with Crippen LogP contribution in [-0.2, 0) is 4.79 Å². The van der Waals surface area contributed by atoms with E-state index in [0.29, 0.717) is 24.8 Å². The number of nitro benzene ring substituents is 1. The van der Waals surface area contributed by atoms with E-state index in [4.69, 9.17) is 9.84 Å². The monoisotopic (exact) mass is 294 g/mol. The average molecular weight is 294 g/mol. The predicted octanol–water partition coefficient (Wildman–Crippen LogP) is 2.29. The molecule has 1 aliphatic carbocycles. The first kappa shape index (κ1) is 15.1. The lowest BCUT2D eigenvalue weighted by molar-refractivity contribution is -0.385. The summed E-state index contributed by atoms with van der Waals surface area (Å²) >= 11 is 0. The molecule has 1 fully saturated rings. The molecule has 114 valence electrons. The van der Waals surface area contributed by atoms with Gasteiger partial charge in [-0.25, -0.2) is 0 Å². The Balaban J connectivity index is 2.39. The fourth-order valence-electron chi connectivity index (χ4n) is 2.24. The lowest BCUT2D eigenvalue weighted by atomic mass is 10.2. The number of rotatable bonds is 8. The van der Waals surface area contributed by atoms with Crippen molar-refractivity contribution in [1.82, 2.24) is 0 Å². The molecule has 7 heteroatoms. The zero-order valence-electron chi connectivity index (χ0n) is 11.8. The highest BCUT2D eigenvalue weighted by atomic mass is 16.6. The number of nitro groups is 1. The maximum absolute atomic E-state index is 11.4. The van der Waals surface area contributed by atoms with Crippen molar-refractivity contribution in [3.63, 3.8) is 0 Å². The van der Waals surface area contributed by atoms with Crippen LogP contribution < -0.4 is 9.64 Å². The predicted molar refractivity (Wildman–Crippen MR) is 76.8 cm³/mol. The van der Waals surface area contributed by atoms with E-state index < -0.39 is 10.9 Å². The summed E-state index contributed by atoms with van der Waals surface area (Å²) < 4.78 is 5.30. The van der Waals surface area contributed by atoms with Gasteiger partial charge in [0.1, 0.15) is 12.2 Å². The van der Waals surface area contributed by atoms with Gasteiger partial charge in [0.15, 0.2) is 5.75 Å². The Morgan fingerprint density at radius 2 is 2.24 bits per heavy atom. The first-order valence-electron chi connectivity index (χ1n) is 6.89. The van der Waals surface area contributed by atoms with E-state index in [1.165, 1.54) is 6.07 Å². The SMILES string of the molecule is CCOc1cccc(N(CC(=O)O)CC2CC2)c1[N+](=O)[O-]. The van der Waals surface area contributed by atoms with E-state index in [-0.39, 0.29) is 18.0 Å². The minimum absolute atomic E-state index is 0.166. The number of aliphatic carboxylic acids is 1. The Morgan fingerprint density at radius 1 is 1.52 bits per heavy atom. The van der Waals surface area contributed by atoms with Crippen molar-refractivity contribution in [2.45, 2.75) is 19.8 Å². The number of hydrogen-bond donors (Lipinski definition) is 1. The van der Waals surface area contributed by atoms with Crippen LogP contribution in [0.15, 0.2) is 18.2 Å². The molecule has 21 heavy (non-hydrogen) atoms. The number of nitrogens with zero attached hydrogens (tertiary/aromatic N) is 2. The molecule has 0 radical (unpaired) electrons. The van der Waals surface area contributed by atoms with Crippen molar-refractivity contribution in [1.29, 1.82) is 0 Å². The van der Waals surface area contributed by atoms with Crippen LogP contribution >= 0.6 is 0 Å². The van der Waals surface area contributed by atoms with Crippen LogP contribution in [-0.4, -0.2) is 35.7 Å². The second kappa shape index (κ2) is 6.43. The summed E-state index contributed by atoms with van der Waals surface area (Å²) in [5.41, 5.74) is 0.140. The van der Waals surface area contributed by atoms with Crippen LogP contribution in [0, 0.1) is 16.0 Å². The van der Waals surface area contributed by atoms with Crippen LogP contribution in [0.5, 0.6) is 5.75 Å². The molecule has 1 saturated carbocycles. The van der Waals surface area contributed by atoms with Gasteiger partial charge in [-0.15, -0.1) is 0 Å². The molecular formula is C14H18N2O5. The van der Waals surface area contributed by atoms with Crippen LogP contribution in [0.1, 0.15) is 19.8 Å². The third kappa shape index (κ3) is 3.84. The Hall–Kier alpha value is -2.31. The number of anilines is 1. The molecule has 1 aromatic carbocycles. The summed E-state index contributed by atoms with van der Waals surface area (Å²) in [6, 6.07) is 4.75. The number of benzene rings is 1. The largest absolute Gasteiger partial charge is 0.487 e. The van der Waals surface area contributed by atoms with Crippen LogP contribution in [0.2, 0.25) is 0 Å². The van der Waals surface area contributed by atoms with Crippen molar-refractivity contribution in [2.24, 2.45) is 5.92 Å². The van der Waals surface area contributed by atoms with Gasteiger partial charge in [-0.1, -0.05) is 6.07 Å². The van der Waals surface area contributed by atoms with Crippen LogP contribution in [0.25, 0.3) is 0 Å². The van der Waals surface area contributed by atoms with E-state index in [1.807, 2.05) is 0 Å². The zero-order valence-corrected chi connectivity index (χ0v) is 11.8. The molecule has 0 aromatic heterocycles. The standard InChI is InChI=1S/C14H18N2O5/c1-2-21-12-5-3-4-11(14(12)16(19)20)15(9-13(17)18)8-10-6-7-10/h3-5,10H,2,6-9H2,1H3,(H,17,18). The van der Waals surface area contributed by atoms with Gasteiger partial charge in [0.2, 0.25) is 0 Å². The molecule has 7 nitrogen and oxygen atoms in total. The highest BCUT2D eigenvalue weighted by Gasteiger charge is 2.30. The molecule has 0 aliphatic heterocycles. The molecule has 1 aliphatic rings. The van der Waals surface area contributed by atoms with Gasteiger partial charge in [0, 0.05) is 6.54 Å². The molecule has 0 unspecified atom stereocenters. The molecule has 1 N–H and O–H groups in total. The second-order valence-corrected chi connectivity index (χ2v) is 5.03. The van der Waals surface area contributed by atoms with E-state index in [2.05, 4.69) is 0 Å². The number of ether oxygens (including phenoxy) is 1. The average Bonchev–Trinajstić information content (AvgIpc) is 3.21. The van der Waals surface area contributed by atoms with Gasteiger partial charge in [0.25, 0.3) is 0 Å². The Morgan fingerprint density at radius 3 is 2.76 bits per heavy atom. The molecule has 0 saturated heterocycles. The lowest BCUT2D eigenvalue weighted by Gasteiger charge is -2.23. The van der Waals surface area contributed by atoms with Gasteiger partial charge < -0.3 is 14.7 Å². The first-order chi connectivity index (χ1) is 10.0. The van der Waals surface area contributed by atoms with Crippen molar-refractivity contribution in [3.8, 4) is 5.75 Å². The van der Waals surface area contributed by atoms with Crippen molar-refractivity contribution >= 4 is 17.3 Å². The topological polar surface area (TPSA) is 92.9 Å². The molecule has 1 aromatic rings. The highest BCUT2D eigenvalue weighted by molar-refractivity contribution is 5.78. The van der Waals surface area contributed by atoms with E-state index >= 15 is 0 Å². The Labute approximate surface area is 122 Å². The number of hydrogen-bond acceptors (Lipinski definition) is 5. The maximum Gasteiger partial charge on any atom is 0.333 e. The van der Waals surface area contributed by atoms with Gasteiger partial charge in [-0.05, 0) is 37.8 Å². The number of para-hydroxylation sites is 1. The highest BCUT2D eigenvalue weighted by Crippen LogP contribution is 2.39. The fraction of sp³-hybridized carbons (Fsp3) is 0.500. The molecule has 0 amide bonds. The Bertz CT molecular complexity index is 542. The fourth-order valence-corrected chi connectivity index (χ4v) is 2.24. The number of carboxylic acid groups (broad SMARTS) is 1. The molecule has 0 atom stereocenters. The number of carboxylic acids is 1. The third-order valence-electron chi connectivity index (χ3n) is 3.30. The first-order valence-corrected chi connectivity index (χ1v) is 6.89. The molecule has 0 heterocycles. The summed E-state index contributed by atoms with van der Waals surface area (Å²) in [7, 11) is 0. The zero-order chi connectivity index (χ0) is 15.4. The van der Waals surface area contributed by atoms with Gasteiger partial charge in [0.05, 0.1) is 11.5 Å². The smallest absolute Gasteiger partial charge is 0.333 e. The quantitative estimate of drug-likeness (QED) is 0.584. The van der Waals surface area contributed by atoms with Gasteiger partial charge in [-0.3, -0.25) is 14.9 Å². The minimum Gasteiger partial charge on any atom is -0.487 e. The van der Waals surface area contributed by atoms with E-state index in [0.717, 1.165) is 12.8 Å². The van der Waals surface area contributed by atoms with Gasteiger partial charge >= 0.3 is 11.7 Å². The van der Waals surface area contributed by atoms with Gasteiger partial charge in [-0.2, -0.15) is 0 Å². The van der Waals surface area contributed by atoms with Crippen LogP contribution in [0.3, 0.4) is 0 Å². The summed E-state index contributed by atoms with van der Waals surface area (Å²) in [4.78, 5) is 23.4. The Kier molecular flexibility index (Phi) is 4.62. The number of carbonyl (C=O) groups is 1. The van der Waals surface area contributed by atoms with E-state index in [9.17, 15) is 14.9 Å². The van der Waals surface area contributed by atoms with Crippen molar-refractivity contribution in [3.05, 3.63) is 28.3 Å². The van der Waals surface area contributed by atoms with Crippen LogP contribution in [0.4, 0.5) is 11.4 Å². The third-order valence-corrected chi connectivity index (χ3v) is 3.30. The van der Waals surface area contributed by atoms with E-state index in [1.54, 1.807) is 24.0 Å². The normalized spacial score (nSPS) is 13.8. The molecular weight excluding hydrogens is 276 g/mol. The second-order valence-electron chi connectivity index (χ2n) is 5.03. The summed E-state index contributed by atoms with van der Waals surface area (Å²) in [5, 5.41) is 20.4. The summed E-state index contributed by atoms with van der Waals surface area (Å²) in [6.07, 6.45) is 2.07. The lowest BCUT2D eigenvalue weighted by Crippen LogP contribution is -2.32. The molecule has 0 spiro atoms. The summed E-state index contributed by atoms with van der Waals surface area (Å²) in [5.74, 6) is -0.419. The molecule has 2 rings (SSSR count).